The molecule has 1 aliphatic rings. The molecule has 0 N–H and O–H groups in total. The quantitative estimate of drug-likeness (QED) is 0.701. The third-order valence-electron chi connectivity index (χ3n) is 3.22. The fourth-order valence-corrected chi connectivity index (χ4v) is 2.34. The van der Waals surface area contributed by atoms with Crippen molar-refractivity contribution in [3.8, 4) is 0 Å². The van der Waals surface area contributed by atoms with Crippen molar-refractivity contribution in [2.45, 2.75) is 45.8 Å². The number of carbonyl (C=O) groups excluding carboxylic acids is 1. The fraction of sp³-hybridized carbons (Fsp3) is 0.533. The summed E-state index contributed by atoms with van der Waals surface area (Å²) in [7, 11) is 0. The molecule has 0 aromatic heterocycles. The average Bonchev–Trinajstić information content (AvgIpc) is 2.27. The van der Waals surface area contributed by atoms with Crippen LogP contribution in [0.5, 0.6) is 0 Å². The summed E-state index contributed by atoms with van der Waals surface area (Å²) < 4.78 is 5.45. The maximum absolute atomic E-state index is 12.1. The molecule has 98 valence electrons. The second kappa shape index (κ2) is 4.63. The Labute approximate surface area is 109 Å². The third-order valence-corrected chi connectivity index (χ3v) is 3.22. The Morgan fingerprint density at radius 1 is 1.33 bits per heavy atom. The summed E-state index contributed by atoms with van der Waals surface area (Å²) in [6.07, 6.45) is 0.684. The molecule has 2 rings (SSSR count). The van der Waals surface area contributed by atoms with Crippen LogP contribution in [0.1, 0.15) is 44.9 Å². The second-order valence-corrected chi connectivity index (χ2v) is 5.80. The maximum Gasteiger partial charge on any atom is 0.410 e. The van der Waals surface area contributed by atoms with Crippen LogP contribution < -0.4 is 0 Å². The van der Waals surface area contributed by atoms with Crippen LogP contribution in [0.2, 0.25) is 0 Å². The van der Waals surface area contributed by atoms with Gasteiger partial charge in [0.1, 0.15) is 5.60 Å². The van der Waals surface area contributed by atoms with Crippen LogP contribution in [0.3, 0.4) is 0 Å². The number of hydrogen-bond donors (Lipinski definition) is 0. The Morgan fingerprint density at radius 3 is 2.67 bits per heavy atom. The molecule has 0 saturated heterocycles. The third kappa shape index (κ3) is 2.66. The molecule has 0 saturated carbocycles. The van der Waals surface area contributed by atoms with Gasteiger partial charge in [-0.2, -0.15) is 0 Å². The van der Waals surface area contributed by atoms with E-state index in [0.29, 0.717) is 0 Å². The van der Waals surface area contributed by atoms with E-state index in [-0.39, 0.29) is 12.1 Å². The molecular formula is C15H21NO2. The monoisotopic (exact) mass is 247 g/mol. The van der Waals surface area contributed by atoms with Crippen molar-refractivity contribution >= 4 is 6.09 Å². The Morgan fingerprint density at radius 2 is 2.00 bits per heavy atom. The normalized spacial score (nSPS) is 19.3. The molecule has 1 heterocycles. The van der Waals surface area contributed by atoms with Crippen LogP contribution in [0.25, 0.3) is 0 Å². The highest BCUT2D eigenvalue weighted by Crippen LogP contribution is 2.30. The summed E-state index contributed by atoms with van der Waals surface area (Å²) in [5.41, 5.74) is 2.13. The van der Waals surface area contributed by atoms with Crippen LogP contribution in [0.15, 0.2) is 24.3 Å². The van der Waals surface area contributed by atoms with Gasteiger partial charge in [-0.1, -0.05) is 24.3 Å². The molecule has 1 aromatic carbocycles. The summed E-state index contributed by atoms with van der Waals surface area (Å²) in [4.78, 5) is 14.0. The van der Waals surface area contributed by atoms with E-state index in [4.69, 9.17) is 4.74 Å². The Kier molecular flexibility index (Phi) is 3.33. The Bertz CT molecular complexity index is 448. The van der Waals surface area contributed by atoms with E-state index in [1.807, 2.05) is 31.7 Å². The predicted molar refractivity (Wildman–Crippen MR) is 71.5 cm³/mol. The van der Waals surface area contributed by atoms with Gasteiger partial charge in [0.05, 0.1) is 6.04 Å². The van der Waals surface area contributed by atoms with Crippen molar-refractivity contribution < 1.29 is 9.53 Å². The van der Waals surface area contributed by atoms with Gasteiger partial charge in [0.25, 0.3) is 0 Å². The number of carbonyl (C=O) groups is 1. The highest BCUT2D eigenvalue weighted by atomic mass is 16.6. The van der Waals surface area contributed by atoms with E-state index in [0.717, 1.165) is 13.0 Å². The molecule has 3 heteroatoms. The van der Waals surface area contributed by atoms with Gasteiger partial charge in [-0.25, -0.2) is 4.79 Å². The van der Waals surface area contributed by atoms with Crippen molar-refractivity contribution in [3.05, 3.63) is 35.4 Å². The van der Waals surface area contributed by atoms with E-state index in [1.165, 1.54) is 11.1 Å². The SMILES string of the molecule is C[C@@H]1c2ccccc2CCN1C(=O)OC(C)(C)C. The van der Waals surface area contributed by atoms with E-state index in [1.54, 1.807) is 0 Å². The van der Waals surface area contributed by atoms with Gasteiger partial charge in [0, 0.05) is 6.54 Å². The highest BCUT2D eigenvalue weighted by molar-refractivity contribution is 5.69. The summed E-state index contributed by atoms with van der Waals surface area (Å²) in [6, 6.07) is 8.39. The molecule has 1 amide bonds. The van der Waals surface area contributed by atoms with Gasteiger partial charge in [-0.15, -0.1) is 0 Å². The van der Waals surface area contributed by atoms with Gasteiger partial charge >= 0.3 is 6.09 Å². The van der Waals surface area contributed by atoms with Gasteiger partial charge in [0.2, 0.25) is 0 Å². The summed E-state index contributed by atoms with van der Waals surface area (Å²) in [6.45, 7) is 8.48. The highest BCUT2D eigenvalue weighted by Gasteiger charge is 2.30. The molecular weight excluding hydrogens is 226 g/mol. The average molecular weight is 247 g/mol. The molecule has 1 aliphatic heterocycles. The minimum atomic E-state index is -0.437. The van der Waals surface area contributed by atoms with Crippen LogP contribution in [0, 0.1) is 0 Å². The lowest BCUT2D eigenvalue weighted by molar-refractivity contribution is 0.0160. The molecule has 0 spiro atoms. The van der Waals surface area contributed by atoms with Gasteiger partial charge in [-0.05, 0) is 45.2 Å². The van der Waals surface area contributed by atoms with E-state index in [9.17, 15) is 4.79 Å². The van der Waals surface area contributed by atoms with E-state index >= 15 is 0 Å². The van der Waals surface area contributed by atoms with Crippen LogP contribution in [-0.2, 0) is 11.2 Å². The van der Waals surface area contributed by atoms with Crippen molar-refractivity contribution in [2.24, 2.45) is 0 Å². The van der Waals surface area contributed by atoms with E-state index in [2.05, 4.69) is 25.1 Å². The number of ether oxygens (including phenoxy) is 1. The van der Waals surface area contributed by atoms with Crippen LogP contribution in [-0.4, -0.2) is 23.1 Å². The molecule has 1 atom stereocenters. The van der Waals surface area contributed by atoms with Gasteiger partial charge in [0.15, 0.2) is 0 Å². The molecule has 0 fully saturated rings. The molecule has 0 bridgehead atoms. The maximum atomic E-state index is 12.1. The summed E-state index contributed by atoms with van der Waals surface area (Å²) in [5, 5.41) is 0. The fourth-order valence-electron chi connectivity index (χ4n) is 2.34. The first-order chi connectivity index (χ1) is 8.38. The van der Waals surface area contributed by atoms with Crippen LogP contribution >= 0.6 is 0 Å². The van der Waals surface area contributed by atoms with E-state index < -0.39 is 5.60 Å². The lowest BCUT2D eigenvalue weighted by Crippen LogP contribution is -2.42. The molecule has 18 heavy (non-hydrogen) atoms. The minimum absolute atomic E-state index is 0.0878. The lowest BCUT2D eigenvalue weighted by Gasteiger charge is -2.36. The number of nitrogens with zero attached hydrogens (tertiary/aromatic N) is 1. The molecule has 1 aromatic rings. The number of rotatable bonds is 0. The Balaban J connectivity index is 2.17. The first kappa shape index (κ1) is 12.9. The van der Waals surface area contributed by atoms with Crippen molar-refractivity contribution in [1.29, 1.82) is 0 Å². The van der Waals surface area contributed by atoms with Crippen molar-refractivity contribution in [2.75, 3.05) is 6.54 Å². The minimum Gasteiger partial charge on any atom is -0.444 e. The Hall–Kier alpha value is -1.51. The van der Waals surface area contributed by atoms with Crippen LogP contribution in [0.4, 0.5) is 4.79 Å². The smallest absolute Gasteiger partial charge is 0.410 e. The second-order valence-electron chi connectivity index (χ2n) is 5.80. The zero-order chi connectivity index (χ0) is 13.3. The molecule has 3 nitrogen and oxygen atoms in total. The standard InChI is InChI=1S/C15H21NO2/c1-11-13-8-6-5-7-12(13)9-10-16(11)14(17)18-15(2,3)4/h5-8,11H,9-10H2,1-4H3/t11-/m1/s1. The zero-order valence-corrected chi connectivity index (χ0v) is 11.6. The number of fused-ring (bicyclic) bond motifs is 1. The summed E-state index contributed by atoms with van der Waals surface area (Å²) in [5.74, 6) is 0. The van der Waals surface area contributed by atoms with Crippen molar-refractivity contribution in [1.82, 2.24) is 4.90 Å². The largest absolute Gasteiger partial charge is 0.444 e. The van der Waals surface area contributed by atoms with Crippen molar-refractivity contribution in [3.63, 3.8) is 0 Å². The van der Waals surface area contributed by atoms with Gasteiger partial charge < -0.3 is 9.64 Å². The molecule has 0 radical (unpaired) electrons. The zero-order valence-electron chi connectivity index (χ0n) is 11.6. The number of amides is 1. The molecule has 0 unspecified atom stereocenters. The predicted octanol–water partition coefficient (Wildman–Crippen LogP) is 3.54. The number of hydrogen-bond acceptors (Lipinski definition) is 2. The lowest BCUT2D eigenvalue weighted by atomic mass is 9.94. The molecule has 0 aliphatic carbocycles. The summed E-state index contributed by atoms with van der Waals surface area (Å²) >= 11 is 0. The van der Waals surface area contributed by atoms with Gasteiger partial charge in [-0.3, -0.25) is 0 Å². The first-order valence-corrected chi connectivity index (χ1v) is 6.46. The topological polar surface area (TPSA) is 29.5 Å². The first-order valence-electron chi connectivity index (χ1n) is 6.46. The number of benzene rings is 1.